The number of fused-ring (bicyclic) bond motifs is 5. The minimum absolute atomic E-state index is 0.0868. The second kappa shape index (κ2) is 42.7. The molecule has 678 valence electrons. The number of anilines is 6. The number of halogens is 5. The van der Waals surface area contributed by atoms with E-state index in [0.717, 1.165) is 184 Å². The average Bonchev–Trinajstić information content (AvgIpc) is 1.66. The van der Waals surface area contributed by atoms with Gasteiger partial charge in [-0.1, -0.05) is 133 Å². The Morgan fingerprint density at radius 2 is 0.632 bits per heavy atom. The van der Waals surface area contributed by atoms with Crippen molar-refractivity contribution in [2.24, 2.45) is 0 Å². The van der Waals surface area contributed by atoms with Crippen LogP contribution in [0.1, 0.15) is 107 Å². The van der Waals surface area contributed by atoms with Gasteiger partial charge in [-0.15, -0.1) is 0 Å². The Morgan fingerprint density at radius 1 is 0.323 bits per heavy atom. The number of aryl methyl sites for hydroxylation is 2. The van der Waals surface area contributed by atoms with E-state index in [1.54, 1.807) is 140 Å². The first kappa shape index (κ1) is 90.6. The lowest BCUT2D eigenvalue weighted by Gasteiger charge is -2.29. The summed E-state index contributed by atoms with van der Waals surface area (Å²) in [5.41, 5.74) is 20.4. The average molecular weight is 1790 g/mol. The van der Waals surface area contributed by atoms with Gasteiger partial charge in [-0.2, -0.15) is 25.5 Å². The molecule has 10 aromatic carbocycles. The molecular formula is C103H101F5N20O5. The standard InChI is InChI=1S/4C21H21FN4O.C19H17FN4O/c1-15-4-6-16(7-5-15)13-23-21(27)25-12-2-3-19-20(25)14-24-26(19)18-10-8-17(22)9-11-18;1-15-5-2-3-6-16(15)13-23-21(27)25-12-4-7-19-20(25)14-24-26(19)18-10-8-17(22)9-11-18;1-15(16-6-3-2-4-7-16)24-21(27)25-13-5-8-19-20(25)14-23-26(19)18-11-9-17(22)10-12-18;22-17-8-10-18(11-9-17)26-19-7-4-14-25(20(19)15-24-26)21(27)23-13-12-16-5-2-1-3-6-16;20-14-8-10-16(11-9-14)24-17-7-4-12-23(18(17)13-21-24)19(25)22-15-5-2-1-3-6-15/h4-11,14H,2-3,12-13H2,1H3,(H,23,27);2-3,5-6,8-11,14H,4,7,12-13H2,1H3,(H,23,27);2-4,6-7,9-12,14-15H,5,8,13H2,1H3,(H,24,27);1-3,5-6,8-11,15H,4,7,12-14H2,(H,23,27);1-3,5-6,8-11,13H,4,7,12H2,(H,22,25)/t;;15-;;/m..0../s1. The van der Waals surface area contributed by atoms with Crippen LogP contribution in [0.3, 0.4) is 0 Å². The summed E-state index contributed by atoms with van der Waals surface area (Å²) in [4.78, 5) is 72.3. The second-order valence-electron chi connectivity index (χ2n) is 32.7. The number of benzene rings is 10. The van der Waals surface area contributed by atoms with E-state index in [0.29, 0.717) is 52.4 Å². The maximum atomic E-state index is 13.2. The minimum Gasteiger partial charge on any atom is -0.337 e. The summed E-state index contributed by atoms with van der Waals surface area (Å²) in [5, 5.41) is 37.1. The van der Waals surface area contributed by atoms with Crippen LogP contribution in [0.4, 0.5) is 80.0 Å². The Balaban J connectivity index is 0.000000121. The van der Waals surface area contributed by atoms with Crippen LogP contribution < -0.4 is 51.1 Å². The van der Waals surface area contributed by atoms with E-state index in [-0.39, 0.29) is 65.3 Å². The zero-order chi connectivity index (χ0) is 92.3. The van der Waals surface area contributed by atoms with Crippen molar-refractivity contribution in [1.29, 1.82) is 0 Å². The van der Waals surface area contributed by atoms with Crippen LogP contribution in [0.25, 0.3) is 28.4 Å². The molecule has 0 unspecified atom stereocenters. The Bertz CT molecular complexity index is 6480. The Morgan fingerprint density at radius 3 is 0.992 bits per heavy atom. The molecule has 0 aliphatic carbocycles. The molecule has 0 saturated heterocycles. The molecule has 0 radical (unpaired) electrons. The van der Waals surface area contributed by atoms with Gasteiger partial charge in [0.05, 0.1) is 122 Å². The van der Waals surface area contributed by atoms with Crippen LogP contribution in [-0.4, -0.2) is 118 Å². The van der Waals surface area contributed by atoms with Gasteiger partial charge in [0.15, 0.2) is 0 Å². The summed E-state index contributed by atoms with van der Waals surface area (Å²) in [6.45, 7) is 10.9. The van der Waals surface area contributed by atoms with Crippen LogP contribution in [-0.2, 0) is 51.6 Å². The highest BCUT2D eigenvalue weighted by molar-refractivity contribution is 6.02. The maximum absolute atomic E-state index is 13.2. The number of hydrogen-bond donors (Lipinski definition) is 5. The first-order chi connectivity index (χ1) is 64.8. The van der Waals surface area contributed by atoms with Gasteiger partial charge in [0, 0.05) is 58.0 Å². The molecule has 5 aliphatic rings. The predicted octanol–water partition coefficient (Wildman–Crippen LogP) is 19.9. The van der Waals surface area contributed by atoms with Crippen molar-refractivity contribution < 1.29 is 45.9 Å². The predicted molar refractivity (Wildman–Crippen MR) is 505 cm³/mol. The van der Waals surface area contributed by atoms with E-state index in [1.807, 2.05) is 148 Å². The molecule has 133 heavy (non-hydrogen) atoms. The fourth-order valence-corrected chi connectivity index (χ4v) is 16.7. The highest BCUT2D eigenvalue weighted by Crippen LogP contribution is 2.36. The van der Waals surface area contributed by atoms with Gasteiger partial charge in [0.1, 0.15) is 29.1 Å². The summed E-state index contributed by atoms with van der Waals surface area (Å²) in [6.07, 6.45) is 17.8. The number of carbonyl (C=O) groups excluding carboxylic acids is 5. The van der Waals surface area contributed by atoms with Gasteiger partial charge >= 0.3 is 30.2 Å². The van der Waals surface area contributed by atoms with E-state index >= 15 is 0 Å². The number of rotatable bonds is 15. The number of nitrogens with one attached hydrogen (secondary N) is 5. The summed E-state index contributed by atoms with van der Waals surface area (Å²) in [6, 6.07) is 75.8. The van der Waals surface area contributed by atoms with Gasteiger partial charge in [0.25, 0.3) is 0 Å². The molecule has 0 spiro atoms. The smallest absolute Gasteiger partial charge is 0.326 e. The van der Waals surface area contributed by atoms with Crippen molar-refractivity contribution in [3.8, 4) is 28.4 Å². The molecule has 25 nitrogen and oxygen atoms in total. The summed E-state index contributed by atoms with van der Waals surface area (Å²) >= 11 is 0. The van der Waals surface area contributed by atoms with E-state index in [2.05, 4.69) is 64.2 Å². The topological polar surface area (TPSA) is 251 Å². The van der Waals surface area contributed by atoms with Crippen molar-refractivity contribution in [1.82, 2.24) is 70.2 Å². The largest absolute Gasteiger partial charge is 0.337 e. The third-order valence-electron chi connectivity index (χ3n) is 23.7. The molecule has 0 fully saturated rings. The van der Waals surface area contributed by atoms with Gasteiger partial charge in [-0.3, -0.25) is 24.5 Å². The number of para-hydroxylation sites is 1. The van der Waals surface area contributed by atoms with Crippen LogP contribution in [0, 0.1) is 42.9 Å². The van der Waals surface area contributed by atoms with Gasteiger partial charge in [0.2, 0.25) is 0 Å². The van der Waals surface area contributed by atoms with Crippen molar-refractivity contribution in [2.45, 2.75) is 111 Å². The molecule has 15 aromatic rings. The van der Waals surface area contributed by atoms with Crippen molar-refractivity contribution >= 4 is 64.3 Å². The molecule has 10 amide bonds. The molecular weight excluding hydrogens is 1690 g/mol. The number of aromatic nitrogens is 10. The molecule has 20 rings (SSSR count). The lowest BCUT2D eigenvalue weighted by Crippen LogP contribution is -2.43. The second-order valence-corrected chi connectivity index (χ2v) is 32.7. The summed E-state index contributed by atoms with van der Waals surface area (Å²) in [5.74, 6) is -1.41. The van der Waals surface area contributed by atoms with Crippen LogP contribution in [0.5, 0.6) is 0 Å². The fraction of sp³-hybridized carbons (Fsp3) is 0.223. The van der Waals surface area contributed by atoms with Crippen LogP contribution >= 0.6 is 0 Å². The van der Waals surface area contributed by atoms with Crippen LogP contribution in [0.2, 0.25) is 0 Å². The van der Waals surface area contributed by atoms with E-state index < -0.39 is 0 Å². The Kier molecular flexibility index (Phi) is 29.1. The van der Waals surface area contributed by atoms with Crippen molar-refractivity contribution in [3.63, 3.8) is 0 Å². The molecule has 5 aromatic heterocycles. The lowest BCUT2D eigenvalue weighted by atomic mass is 10.1. The molecule has 30 heteroatoms. The van der Waals surface area contributed by atoms with Gasteiger partial charge in [-0.25, -0.2) is 69.3 Å². The van der Waals surface area contributed by atoms with E-state index in [1.165, 1.54) is 71.8 Å². The third-order valence-corrected chi connectivity index (χ3v) is 23.7. The first-order valence-corrected chi connectivity index (χ1v) is 44.5. The van der Waals surface area contributed by atoms with E-state index in [4.69, 9.17) is 0 Å². The molecule has 10 heterocycles. The summed E-state index contributed by atoms with van der Waals surface area (Å²) in [7, 11) is 0. The quantitative estimate of drug-likeness (QED) is 0.0607. The number of urea groups is 5. The molecule has 5 N–H and O–H groups in total. The van der Waals surface area contributed by atoms with Gasteiger partial charge in [-0.05, 0) is 253 Å². The molecule has 0 saturated carbocycles. The van der Waals surface area contributed by atoms with Crippen molar-refractivity contribution in [2.75, 3.05) is 69.1 Å². The minimum atomic E-state index is -0.284. The molecule has 5 aliphatic heterocycles. The fourth-order valence-electron chi connectivity index (χ4n) is 16.7. The zero-order valence-corrected chi connectivity index (χ0v) is 73.9. The molecule has 1 atom stereocenters. The van der Waals surface area contributed by atoms with E-state index in [9.17, 15) is 45.9 Å². The SMILES string of the molecule is C[C@H](NC(=O)N1CCCc2c1cnn2-c1ccc(F)cc1)c1ccccc1.Cc1ccc(CNC(=O)N2CCCc3c2cnn3-c2ccc(F)cc2)cc1.Cc1ccccc1CNC(=O)N1CCCc2c1cnn2-c1ccc(F)cc1.O=C(NCCc1ccccc1)N1CCCc2c1cnn2-c1ccc(F)cc1.O=C(Nc1ccccc1)N1CCCc2c1cnn2-c1ccc(F)cc1. The number of amides is 10. The first-order valence-electron chi connectivity index (χ1n) is 44.5. The van der Waals surface area contributed by atoms with Crippen molar-refractivity contribution in [3.05, 3.63) is 383 Å². The third kappa shape index (κ3) is 22.1. The number of nitrogens with zero attached hydrogens (tertiary/aromatic N) is 15. The normalized spacial score (nSPS) is 13.6. The van der Waals surface area contributed by atoms with Gasteiger partial charge < -0.3 is 26.6 Å². The monoisotopic (exact) mass is 1790 g/mol. The number of carbonyl (C=O) groups is 5. The maximum Gasteiger partial charge on any atom is 0.326 e. The Hall–Kier alpha value is -15.8. The van der Waals surface area contributed by atoms with Crippen LogP contribution in [0.15, 0.2) is 292 Å². The molecule has 0 bridgehead atoms. The lowest BCUT2D eigenvalue weighted by molar-refractivity contribution is 0.242. The summed E-state index contributed by atoms with van der Waals surface area (Å²) < 4.78 is 74.9. The highest BCUT2D eigenvalue weighted by atomic mass is 19.1. The Labute approximate surface area is 767 Å². The highest BCUT2D eigenvalue weighted by Gasteiger charge is 2.33. The number of hydrogen-bond acceptors (Lipinski definition) is 10. The zero-order valence-electron chi connectivity index (χ0n) is 73.9.